The lowest BCUT2D eigenvalue weighted by molar-refractivity contribution is -0.131. The third kappa shape index (κ3) is 5.53. The number of ether oxygens (including phenoxy) is 1. The van der Waals surface area contributed by atoms with Crippen molar-refractivity contribution in [1.82, 2.24) is 20.1 Å². The molecule has 5 aliphatic rings. The van der Waals surface area contributed by atoms with E-state index in [1.54, 1.807) is 23.5 Å². The van der Waals surface area contributed by atoms with Gasteiger partial charge in [0.15, 0.2) is 22.9 Å². The van der Waals surface area contributed by atoms with Gasteiger partial charge in [-0.1, -0.05) is 36.8 Å². The van der Waals surface area contributed by atoms with Crippen LogP contribution in [-0.4, -0.2) is 96.9 Å². The lowest BCUT2D eigenvalue weighted by Crippen LogP contribution is -2.68. The van der Waals surface area contributed by atoms with Crippen molar-refractivity contribution in [2.75, 3.05) is 51.3 Å². The van der Waals surface area contributed by atoms with Crippen molar-refractivity contribution < 1.29 is 19.1 Å². The van der Waals surface area contributed by atoms with Gasteiger partial charge in [-0.2, -0.15) is 0 Å². The highest BCUT2D eigenvalue weighted by atomic mass is 32.1. The summed E-state index contributed by atoms with van der Waals surface area (Å²) in [6.45, 7) is 4.43. The van der Waals surface area contributed by atoms with Crippen molar-refractivity contribution in [2.45, 2.75) is 56.3 Å². The van der Waals surface area contributed by atoms with Crippen molar-refractivity contribution >= 4 is 34.4 Å². The molecule has 7 rings (SSSR count). The van der Waals surface area contributed by atoms with Crippen LogP contribution in [0.2, 0.25) is 0 Å². The molecular formula is C33H39N5O4S. The predicted molar refractivity (Wildman–Crippen MR) is 165 cm³/mol. The number of likely N-dealkylation sites (tertiary alicyclic amines) is 1. The second-order valence-corrected chi connectivity index (χ2v) is 13.6. The molecule has 9 nitrogen and oxygen atoms in total. The number of carbonyl (C=O) groups excluding carboxylic acids is 3. The fourth-order valence-corrected chi connectivity index (χ4v) is 8.06. The molecule has 1 N–H and O–H groups in total. The van der Waals surface area contributed by atoms with Gasteiger partial charge < -0.3 is 19.9 Å². The highest BCUT2D eigenvalue weighted by molar-refractivity contribution is 7.14. The number of likely N-dealkylation sites (N-methyl/N-ethyl adjacent to an activating group) is 1. The zero-order valence-electron chi connectivity index (χ0n) is 24.7. The van der Waals surface area contributed by atoms with E-state index in [0.29, 0.717) is 18.0 Å². The molecule has 4 unspecified atom stereocenters. The van der Waals surface area contributed by atoms with Crippen molar-refractivity contribution in [3.63, 3.8) is 0 Å². The highest BCUT2D eigenvalue weighted by Gasteiger charge is 2.59. The van der Waals surface area contributed by atoms with E-state index in [-0.39, 0.29) is 36.2 Å². The second-order valence-electron chi connectivity index (χ2n) is 12.8. The van der Waals surface area contributed by atoms with Crippen LogP contribution >= 0.6 is 11.3 Å². The number of nitrogens with one attached hydrogen (secondary N) is 1. The molecule has 2 saturated carbocycles. The molecule has 4 atom stereocenters. The molecule has 3 aliphatic heterocycles. The molecule has 1 aromatic heterocycles. The maximum Gasteiger partial charge on any atom is 0.253 e. The molecule has 0 radical (unpaired) electrons. The number of nitrogens with zero attached hydrogens (tertiary/aromatic N) is 4. The zero-order valence-corrected chi connectivity index (χ0v) is 25.5. The molecule has 2 aliphatic carbocycles. The molecule has 3 saturated heterocycles. The fourth-order valence-electron chi connectivity index (χ4n) is 7.17. The predicted octanol–water partition coefficient (Wildman–Crippen LogP) is 3.06. The largest absolute Gasteiger partial charge is 0.367 e. The van der Waals surface area contributed by atoms with Crippen LogP contribution in [-0.2, 0) is 14.3 Å². The average Bonchev–Trinajstić information content (AvgIpc) is 3.45. The SMILES string of the molecule is CN1CCN(c2nc(-c3ccc(C(=O)NC(C=O)(C4CCCC4)N4CC(C#CC5CC5)C5OCC(=O)C54)cc3)cs2)CC1. The van der Waals surface area contributed by atoms with Gasteiger partial charge >= 0.3 is 0 Å². The minimum absolute atomic E-state index is 0.0234. The fraction of sp³-hybridized carbons (Fsp3) is 0.576. The number of aromatic nitrogens is 1. The van der Waals surface area contributed by atoms with Gasteiger partial charge in [-0.05, 0) is 44.9 Å². The van der Waals surface area contributed by atoms with Gasteiger partial charge in [0.05, 0.1) is 17.7 Å². The molecule has 10 heteroatoms. The number of anilines is 1. The number of thiazole rings is 1. The van der Waals surface area contributed by atoms with Gasteiger partial charge in [-0.15, -0.1) is 11.3 Å². The first-order valence-electron chi connectivity index (χ1n) is 15.7. The number of ketones is 1. The van der Waals surface area contributed by atoms with Gasteiger partial charge in [-0.3, -0.25) is 19.3 Å². The molecular weight excluding hydrogens is 562 g/mol. The summed E-state index contributed by atoms with van der Waals surface area (Å²) in [5.41, 5.74) is 1.01. The third-order valence-electron chi connectivity index (χ3n) is 9.89. The van der Waals surface area contributed by atoms with E-state index >= 15 is 0 Å². The number of carbonyl (C=O) groups is 3. The Bertz CT molecular complexity index is 1430. The Labute approximate surface area is 257 Å². The molecule has 4 heterocycles. The summed E-state index contributed by atoms with van der Waals surface area (Å²) in [5.74, 6) is 6.54. The Kier molecular flexibility index (Phi) is 7.84. The van der Waals surface area contributed by atoms with Crippen molar-refractivity contribution in [3.05, 3.63) is 35.2 Å². The Morgan fingerprint density at radius 3 is 2.53 bits per heavy atom. The maximum atomic E-state index is 13.8. The van der Waals surface area contributed by atoms with E-state index in [0.717, 1.165) is 87.4 Å². The number of benzene rings is 1. The summed E-state index contributed by atoms with van der Waals surface area (Å²) in [5, 5.41) is 6.24. The number of amides is 1. The van der Waals surface area contributed by atoms with Crippen LogP contribution in [0.4, 0.5) is 5.13 Å². The average molecular weight is 602 g/mol. The Morgan fingerprint density at radius 1 is 1.09 bits per heavy atom. The molecule has 0 bridgehead atoms. The van der Waals surface area contributed by atoms with Crippen LogP contribution in [0.5, 0.6) is 0 Å². The van der Waals surface area contributed by atoms with E-state index in [1.165, 1.54) is 0 Å². The molecule has 0 spiro atoms. The normalized spacial score (nSPS) is 27.9. The summed E-state index contributed by atoms with van der Waals surface area (Å²) < 4.78 is 5.94. The number of Topliss-reactive ketones (excluding diaryl/α,β-unsaturated/α-hetero) is 1. The molecule has 1 amide bonds. The summed E-state index contributed by atoms with van der Waals surface area (Å²) in [4.78, 5) is 51.6. The number of rotatable bonds is 7. The van der Waals surface area contributed by atoms with Gasteiger partial charge in [0.1, 0.15) is 12.6 Å². The maximum absolute atomic E-state index is 13.8. The highest BCUT2D eigenvalue weighted by Crippen LogP contribution is 2.43. The number of hydrogen-bond acceptors (Lipinski definition) is 9. The molecule has 226 valence electrons. The van der Waals surface area contributed by atoms with Crippen LogP contribution in [0.15, 0.2) is 29.6 Å². The third-order valence-corrected chi connectivity index (χ3v) is 10.8. The van der Waals surface area contributed by atoms with Crippen LogP contribution < -0.4 is 10.2 Å². The van der Waals surface area contributed by atoms with E-state index in [1.807, 2.05) is 17.0 Å². The van der Waals surface area contributed by atoms with E-state index in [2.05, 4.69) is 39.4 Å². The summed E-state index contributed by atoms with van der Waals surface area (Å²) in [7, 11) is 2.14. The number of aldehydes is 1. The quantitative estimate of drug-likeness (QED) is 0.383. The number of piperazine rings is 1. The monoisotopic (exact) mass is 601 g/mol. The van der Waals surface area contributed by atoms with Crippen molar-refractivity contribution in [3.8, 4) is 23.1 Å². The van der Waals surface area contributed by atoms with Crippen LogP contribution in [0.3, 0.4) is 0 Å². The minimum Gasteiger partial charge on any atom is -0.367 e. The number of hydrogen-bond donors (Lipinski definition) is 1. The smallest absolute Gasteiger partial charge is 0.253 e. The Morgan fingerprint density at radius 2 is 1.84 bits per heavy atom. The van der Waals surface area contributed by atoms with Crippen molar-refractivity contribution in [1.29, 1.82) is 0 Å². The first kappa shape index (κ1) is 28.7. The van der Waals surface area contributed by atoms with Gasteiger partial charge in [0, 0.05) is 61.1 Å². The molecule has 43 heavy (non-hydrogen) atoms. The van der Waals surface area contributed by atoms with E-state index in [9.17, 15) is 14.4 Å². The van der Waals surface area contributed by atoms with Crippen LogP contribution in [0.1, 0.15) is 48.9 Å². The minimum atomic E-state index is -1.29. The zero-order chi connectivity index (χ0) is 29.6. The standard InChI is InChI=1S/C33H39N5O4S/c1-36-14-16-37(17-15-36)32-34-27(20-43-32)23-10-12-24(13-11-23)31(41)35-33(21-39,26-4-2-3-5-26)38-18-25(9-8-22-6-7-22)30-29(38)28(40)19-42-30/h10-13,20-22,25-26,29-30H,2-7,14-19H2,1H3,(H,35,41). The lowest BCUT2D eigenvalue weighted by Gasteiger charge is -2.44. The van der Waals surface area contributed by atoms with Crippen molar-refractivity contribution in [2.24, 2.45) is 17.8 Å². The summed E-state index contributed by atoms with van der Waals surface area (Å²) in [6.07, 6.45) is 6.36. The Hall–Kier alpha value is -3.10. The topological polar surface area (TPSA) is 95.1 Å². The van der Waals surface area contributed by atoms with Gasteiger partial charge in [0.2, 0.25) is 0 Å². The van der Waals surface area contributed by atoms with Gasteiger partial charge in [-0.25, -0.2) is 4.98 Å². The second kappa shape index (κ2) is 11.8. The first-order valence-corrected chi connectivity index (χ1v) is 16.5. The Balaban J connectivity index is 1.12. The number of fused-ring (bicyclic) bond motifs is 1. The first-order chi connectivity index (χ1) is 20.9. The molecule has 5 fully saturated rings. The van der Waals surface area contributed by atoms with Gasteiger partial charge in [0.25, 0.3) is 5.91 Å². The molecule has 2 aromatic rings. The summed E-state index contributed by atoms with van der Waals surface area (Å²) in [6, 6.07) is 6.85. The molecule has 1 aromatic carbocycles. The van der Waals surface area contributed by atoms with Crippen LogP contribution in [0, 0.1) is 29.6 Å². The van der Waals surface area contributed by atoms with E-state index in [4.69, 9.17) is 9.72 Å². The van der Waals surface area contributed by atoms with E-state index < -0.39 is 11.7 Å². The van der Waals surface area contributed by atoms with Crippen LogP contribution in [0.25, 0.3) is 11.3 Å². The summed E-state index contributed by atoms with van der Waals surface area (Å²) >= 11 is 1.64. The lowest BCUT2D eigenvalue weighted by atomic mass is 9.88.